The number of rotatable bonds is 7. The Morgan fingerprint density at radius 2 is 1.83 bits per heavy atom. The lowest BCUT2D eigenvalue weighted by Crippen LogP contribution is -2.51. The summed E-state index contributed by atoms with van der Waals surface area (Å²) in [5.41, 5.74) is -1.56. The van der Waals surface area contributed by atoms with Crippen LogP contribution in [-0.4, -0.2) is 54.7 Å². The minimum Gasteiger partial charge on any atom is -0.480 e. The number of ether oxygens (including phenoxy) is 1. The summed E-state index contributed by atoms with van der Waals surface area (Å²) in [6, 6.07) is 0. The summed E-state index contributed by atoms with van der Waals surface area (Å²) < 4.78 is 29.1. The Hall–Kier alpha value is -1.15. The van der Waals surface area contributed by atoms with Gasteiger partial charge in [-0.15, -0.1) is 0 Å². The highest BCUT2D eigenvalue weighted by Gasteiger charge is 2.39. The van der Waals surface area contributed by atoms with E-state index >= 15 is 0 Å². The molecule has 0 saturated heterocycles. The van der Waals surface area contributed by atoms with Gasteiger partial charge >= 0.3 is 11.9 Å². The van der Waals surface area contributed by atoms with Gasteiger partial charge in [0.25, 0.3) is 0 Å². The Morgan fingerprint density at radius 1 is 1.33 bits per heavy atom. The van der Waals surface area contributed by atoms with Gasteiger partial charge < -0.3 is 9.84 Å². The molecular formula is C10H19NO6S. The van der Waals surface area contributed by atoms with E-state index < -0.39 is 33.3 Å². The van der Waals surface area contributed by atoms with Gasteiger partial charge in [0.15, 0.2) is 0 Å². The summed E-state index contributed by atoms with van der Waals surface area (Å²) in [5.74, 6) is -2.36. The van der Waals surface area contributed by atoms with E-state index in [4.69, 9.17) is 5.11 Å². The number of nitrogens with zero attached hydrogens (tertiary/aromatic N) is 1. The minimum atomic E-state index is -3.82. The molecule has 0 atom stereocenters. The summed E-state index contributed by atoms with van der Waals surface area (Å²) in [5, 5.41) is 8.94. The zero-order chi connectivity index (χ0) is 14.6. The van der Waals surface area contributed by atoms with Crippen LogP contribution in [0.4, 0.5) is 0 Å². The summed E-state index contributed by atoms with van der Waals surface area (Å²) in [7, 11) is -2.65. The maximum absolute atomic E-state index is 11.8. The van der Waals surface area contributed by atoms with Crippen molar-refractivity contribution >= 4 is 22.0 Å². The molecule has 0 aliphatic heterocycles. The third-order valence-electron chi connectivity index (χ3n) is 2.60. The molecule has 0 bridgehead atoms. The molecule has 7 nitrogen and oxygen atoms in total. The van der Waals surface area contributed by atoms with E-state index in [9.17, 15) is 18.0 Å². The molecule has 0 aliphatic carbocycles. The van der Waals surface area contributed by atoms with Crippen LogP contribution in [0.15, 0.2) is 0 Å². The van der Waals surface area contributed by atoms with Gasteiger partial charge in [0.1, 0.15) is 5.54 Å². The largest absolute Gasteiger partial charge is 0.480 e. The van der Waals surface area contributed by atoms with Crippen molar-refractivity contribution in [2.45, 2.75) is 32.7 Å². The van der Waals surface area contributed by atoms with E-state index in [0.717, 1.165) is 4.31 Å². The van der Waals surface area contributed by atoms with Crippen LogP contribution in [0, 0.1) is 0 Å². The second-order valence-electron chi connectivity index (χ2n) is 4.20. The number of carboxylic acids is 1. The molecule has 0 fully saturated rings. The highest BCUT2D eigenvalue weighted by Crippen LogP contribution is 2.17. The molecule has 18 heavy (non-hydrogen) atoms. The molecule has 0 unspecified atom stereocenters. The lowest BCUT2D eigenvalue weighted by molar-refractivity contribution is -0.146. The summed E-state index contributed by atoms with van der Waals surface area (Å²) in [6.07, 6.45) is -0.295. The van der Waals surface area contributed by atoms with Crippen LogP contribution in [0.1, 0.15) is 27.2 Å². The first-order chi connectivity index (χ1) is 8.05. The van der Waals surface area contributed by atoms with E-state index in [2.05, 4.69) is 4.74 Å². The molecule has 1 N–H and O–H groups in total. The van der Waals surface area contributed by atoms with E-state index in [1.807, 2.05) is 0 Å². The highest BCUT2D eigenvalue weighted by molar-refractivity contribution is 7.89. The molecule has 0 rings (SSSR count). The SMILES string of the molecule is CCOC(=O)CCS(=O)(=O)N(C)C(C)(C)C(=O)O. The van der Waals surface area contributed by atoms with Crippen LogP contribution in [-0.2, 0) is 24.3 Å². The quantitative estimate of drug-likeness (QED) is 0.662. The van der Waals surface area contributed by atoms with Crippen LogP contribution in [0.2, 0.25) is 0 Å². The molecule has 0 saturated carbocycles. The number of hydrogen-bond acceptors (Lipinski definition) is 5. The van der Waals surface area contributed by atoms with E-state index in [1.165, 1.54) is 20.9 Å². The number of aliphatic carboxylic acids is 1. The second kappa shape index (κ2) is 6.14. The van der Waals surface area contributed by atoms with Crippen molar-refractivity contribution in [2.24, 2.45) is 0 Å². The molecular weight excluding hydrogens is 262 g/mol. The van der Waals surface area contributed by atoms with Gasteiger partial charge in [-0.05, 0) is 20.8 Å². The predicted octanol–water partition coefficient (Wildman–Crippen LogP) is 0.0644. The standard InChI is InChI=1S/C10H19NO6S/c1-5-17-8(12)6-7-18(15,16)11(4)10(2,3)9(13)14/h5-7H2,1-4H3,(H,13,14). The van der Waals surface area contributed by atoms with Crippen LogP contribution >= 0.6 is 0 Å². The number of esters is 1. The second-order valence-corrected chi connectivity index (χ2v) is 6.32. The van der Waals surface area contributed by atoms with Crippen molar-refractivity contribution in [1.82, 2.24) is 4.31 Å². The first-order valence-corrected chi connectivity index (χ1v) is 7.02. The zero-order valence-electron chi connectivity index (χ0n) is 11.0. The lowest BCUT2D eigenvalue weighted by Gasteiger charge is -2.30. The van der Waals surface area contributed by atoms with Crippen molar-refractivity contribution in [2.75, 3.05) is 19.4 Å². The predicted molar refractivity (Wildman–Crippen MR) is 64.5 cm³/mol. The molecule has 0 aromatic carbocycles. The summed E-state index contributed by atoms with van der Waals surface area (Å²) >= 11 is 0. The number of sulfonamides is 1. The van der Waals surface area contributed by atoms with E-state index in [-0.39, 0.29) is 13.0 Å². The number of likely N-dealkylation sites (N-methyl/N-ethyl adjacent to an activating group) is 1. The number of carbonyl (C=O) groups is 2. The summed E-state index contributed by atoms with van der Waals surface area (Å²) in [6.45, 7) is 4.34. The molecule has 0 aromatic rings. The van der Waals surface area contributed by atoms with Crippen molar-refractivity contribution in [1.29, 1.82) is 0 Å². The van der Waals surface area contributed by atoms with Crippen LogP contribution in [0.5, 0.6) is 0 Å². The monoisotopic (exact) mass is 281 g/mol. The Bertz CT molecular complexity index is 414. The van der Waals surface area contributed by atoms with E-state index in [1.54, 1.807) is 6.92 Å². The van der Waals surface area contributed by atoms with Crippen LogP contribution in [0.25, 0.3) is 0 Å². The van der Waals surface area contributed by atoms with Gasteiger partial charge in [-0.1, -0.05) is 0 Å². The maximum Gasteiger partial charge on any atom is 0.324 e. The average Bonchev–Trinajstić information content (AvgIpc) is 2.25. The topological polar surface area (TPSA) is 101 Å². The van der Waals surface area contributed by atoms with Gasteiger partial charge in [0.2, 0.25) is 10.0 Å². The molecule has 0 aliphatic rings. The van der Waals surface area contributed by atoms with Gasteiger partial charge in [0, 0.05) is 7.05 Å². The Kier molecular flexibility index (Phi) is 5.75. The summed E-state index contributed by atoms with van der Waals surface area (Å²) in [4.78, 5) is 22.0. The third kappa shape index (κ3) is 4.26. The van der Waals surface area contributed by atoms with Crippen LogP contribution < -0.4 is 0 Å². The number of hydrogen-bond donors (Lipinski definition) is 1. The zero-order valence-corrected chi connectivity index (χ0v) is 11.8. The Morgan fingerprint density at radius 3 is 2.22 bits per heavy atom. The van der Waals surface area contributed by atoms with Crippen molar-refractivity contribution < 1.29 is 27.9 Å². The highest BCUT2D eigenvalue weighted by atomic mass is 32.2. The average molecular weight is 281 g/mol. The van der Waals surface area contributed by atoms with Gasteiger partial charge in [0.05, 0.1) is 18.8 Å². The maximum atomic E-state index is 11.8. The van der Waals surface area contributed by atoms with Crippen LogP contribution in [0.3, 0.4) is 0 Å². The molecule has 106 valence electrons. The lowest BCUT2D eigenvalue weighted by atomic mass is 10.1. The smallest absolute Gasteiger partial charge is 0.324 e. The van der Waals surface area contributed by atoms with E-state index in [0.29, 0.717) is 0 Å². The van der Waals surface area contributed by atoms with Gasteiger partial charge in [-0.3, -0.25) is 9.59 Å². The number of carboxylic acid groups (broad SMARTS) is 1. The third-order valence-corrected chi connectivity index (χ3v) is 4.61. The number of carbonyl (C=O) groups excluding carboxylic acids is 1. The van der Waals surface area contributed by atoms with Gasteiger partial charge in [-0.2, -0.15) is 4.31 Å². The molecule has 0 amide bonds. The van der Waals surface area contributed by atoms with Gasteiger partial charge in [-0.25, -0.2) is 8.42 Å². The molecule has 0 heterocycles. The molecule has 8 heteroatoms. The fraction of sp³-hybridized carbons (Fsp3) is 0.800. The van der Waals surface area contributed by atoms with Crippen molar-refractivity contribution in [3.05, 3.63) is 0 Å². The molecule has 0 radical (unpaired) electrons. The van der Waals surface area contributed by atoms with Crippen molar-refractivity contribution in [3.8, 4) is 0 Å². The molecule has 0 aromatic heterocycles. The first kappa shape index (κ1) is 16.9. The first-order valence-electron chi connectivity index (χ1n) is 5.41. The Balaban J connectivity index is 4.75. The Labute approximate surface area is 107 Å². The normalized spacial score (nSPS) is 12.5. The van der Waals surface area contributed by atoms with Crippen molar-refractivity contribution in [3.63, 3.8) is 0 Å². The fourth-order valence-corrected chi connectivity index (χ4v) is 2.54. The minimum absolute atomic E-state index is 0.176. The molecule has 0 spiro atoms. The fourth-order valence-electron chi connectivity index (χ4n) is 1.06.